The van der Waals surface area contributed by atoms with Crippen LogP contribution in [0, 0.1) is 0 Å². The molecular weight excluding hydrogens is 416 g/mol. The Labute approximate surface area is 182 Å². The second kappa shape index (κ2) is 7.23. The number of hydrogen-bond acceptors (Lipinski definition) is 7. The Morgan fingerprint density at radius 1 is 1.29 bits per heavy atom. The molecule has 2 N–H and O–H groups in total. The van der Waals surface area contributed by atoms with Gasteiger partial charge in [0.25, 0.3) is 5.91 Å². The van der Waals surface area contributed by atoms with Gasteiger partial charge in [0.2, 0.25) is 5.91 Å². The topological polar surface area (TPSA) is 113 Å². The molecule has 1 aromatic heterocycles. The fraction of sp³-hybridized carbons (Fsp3) is 0.381. The van der Waals surface area contributed by atoms with E-state index >= 15 is 0 Å². The average molecular weight is 439 g/mol. The fourth-order valence-corrected chi connectivity index (χ4v) is 6.05. The quantitative estimate of drug-likeness (QED) is 0.588. The van der Waals surface area contributed by atoms with E-state index in [0.717, 1.165) is 10.8 Å². The SMILES string of the molecule is CCOc1ccc2ccccc2c1C(=O)NC1C(=O)N2C1SC(C)(C)C2c1nn[nH]n1. The third-order valence-electron chi connectivity index (χ3n) is 5.75. The third kappa shape index (κ3) is 3.04. The molecule has 0 aliphatic carbocycles. The van der Waals surface area contributed by atoms with Crippen molar-refractivity contribution in [3.05, 3.63) is 47.8 Å². The van der Waals surface area contributed by atoms with Crippen molar-refractivity contribution in [2.75, 3.05) is 6.61 Å². The van der Waals surface area contributed by atoms with Gasteiger partial charge in [0.1, 0.15) is 23.2 Å². The van der Waals surface area contributed by atoms with E-state index in [0.29, 0.717) is 23.7 Å². The molecule has 10 heteroatoms. The van der Waals surface area contributed by atoms with Gasteiger partial charge in [-0.25, -0.2) is 0 Å². The second-order valence-electron chi connectivity index (χ2n) is 8.07. The minimum Gasteiger partial charge on any atom is -0.493 e. The summed E-state index contributed by atoms with van der Waals surface area (Å²) < 4.78 is 5.40. The zero-order chi connectivity index (χ0) is 21.8. The number of aromatic amines is 1. The number of carbonyl (C=O) groups excluding carboxylic acids is 2. The predicted octanol–water partition coefficient (Wildman–Crippen LogP) is 2.28. The molecule has 3 aromatic rings. The smallest absolute Gasteiger partial charge is 0.256 e. The van der Waals surface area contributed by atoms with Crippen molar-refractivity contribution in [1.82, 2.24) is 30.8 Å². The molecule has 2 aromatic carbocycles. The molecule has 5 rings (SSSR count). The Morgan fingerprint density at radius 2 is 2.10 bits per heavy atom. The highest BCUT2D eigenvalue weighted by molar-refractivity contribution is 8.01. The molecule has 0 saturated carbocycles. The molecule has 160 valence electrons. The maximum absolute atomic E-state index is 13.4. The van der Waals surface area contributed by atoms with Crippen LogP contribution in [0.15, 0.2) is 36.4 Å². The van der Waals surface area contributed by atoms with E-state index in [-0.39, 0.29) is 28.0 Å². The Hall–Kier alpha value is -3.14. The van der Waals surface area contributed by atoms with E-state index < -0.39 is 6.04 Å². The van der Waals surface area contributed by atoms with Crippen LogP contribution in [0.5, 0.6) is 5.75 Å². The molecular formula is C21H22N6O3S. The van der Waals surface area contributed by atoms with Crippen LogP contribution in [-0.2, 0) is 4.79 Å². The van der Waals surface area contributed by atoms with Crippen LogP contribution in [0.2, 0.25) is 0 Å². The number of thioether (sulfide) groups is 1. The number of aromatic nitrogens is 4. The number of rotatable bonds is 5. The van der Waals surface area contributed by atoms with Crippen LogP contribution >= 0.6 is 11.8 Å². The lowest BCUT2D eigenvalue weighted by atomic mass is 9.95. The number of fused-ring (bicyclic) bond motifs is 2. The number of hydrogen-bond donors (Lipinski definition) is 2. The van der Waals surface area contributed by atoms with Crippen LogP contribution < -0.4 is 10.1 Å². The molecule has 0 bridgehead atoms. The first-order chi connectivity index (χ1) is 14.9. The molecule has 2 saturated heterocycles. The lowest BCUT2D eigenvalue weighted by Gasteiger charge is -2.44. The Bertz CT molecular complexity index is 1170. The molecule has 0 radical (unpaired) electrons. The van der Waals surface area contributed by atoms with Gasteiger partial charge in [0.15, 0.2) is 5.82 Å². The molecule has 3 unspecified atom stereocenters. The first-order valence-electron chi connectivity index (χ1n) is 10.1. The van der Waals surface area contributed by atoms with Crippen LogP contribution in [-0.4, -0.2) is 60.1 Å². The first-order valence-corrected chi connectivity index (χ1v) is 11.0. The maximum Gasteiger partial charge on any atom is 0.256 e. The minimum atomic E-state index is -0.623. The van der Waals surface area contributed by atoms with Gasteiger partial charge in [-0.3, -0.25) is 9.59 Å². The largest absolute Gasteiger partial charge is 0.493 e. The fourth-order valence-electron chi connectivity index (χ4n) is 4.42. The molecule has 3 heterocycles. The standard InChI is InChI=1S/C21H22N6O3S/c1-4-30-13-10-9-11-7-5-6-8-12(11)14(13)18(28)22-15-19(29)27-16(17-23-25-26-24-17)21(2,3)31-20(15)27/h5-10,15-16,20H,4H2,1-3H3,(H,22,28)(H,23,24,25,26). The van der Waals surface area contributed by atoms with Crippen molar-refractivity contribution in [2.45, 2.75) is 43.0 Å². The van der Waals surface area contributed by atoms with Crippen molar-refractivity contribution >= 4 is 34.3 Å². The number of tetrazole rings is 1. The highest BCUT2D eigenvalue weighted by Crippen LogP contribution is 2.56. The van der Waals surface area contributed by atoms with Crippen LogP contribution in [0.1, 0.15) is 43.0 Å². The molecule has 2 fully saturated rings. The van der Waals surface area contributed by atoms with Crippen molar-refractivity contribution in [3.8, 4) is 5.75 Å². The molecule has 2 aliphatic rings. The summed E-state index contributed by atoms with van der Waals surface area (Å²) in [5.41, 5.74) is 0.447. The second-order valence-corrected chi connectivity index (χ2v) is 9.84. The number of H-pyrrole nitrogens is 1. The van der Waals surface area contributed by atoms with E-state index in [9.17, 15) is 9.59 Å². The lowest BCUT2D eigenvalue weighted by molar-refractivity contribution is -0.148. The summed E-state index contributed by atoms with van der Waals surface area (Å²) in [6, 6.07) is 10.4. The number of benzene rings is 2. The monoisotopic (exact) mass is 438 g/mol. The van der Waals surface area contributed by atoms with Crippen molar-refractivity contribution in [2.24, 2.45) is 0 Å². The third-order valence-corrected chi connectivity index (χ3v) is 7.32. The number of ether oxygens (including phenoxy) is 1. The van der Waals surface area contributed by atoms with Gasteiger partial charge in [0, 0.05) is 4.75 Å². The van der Waals surface area contributed by atoms with Crippen molar-refractivity contribution in [3.63, 3.8) is 0 Å². The summed E-state index contributed by atoms with van der Waals surface area (Å²) in [5, 5.41) is 18.8. The van der Waals surface area contributed by atoms with Crippen molar-refractivity contribution < 1.29 is 14.3 Å². The molecule has 2 aliphatic heterocycles. The normalized spacial score (nSPS) is 24.0. The van der Waals surface area contributed by atoms with E-state index in [2.05, 4.69) is 25.9 Å². The van der Waals surface area contributed by atoms with Crippen molar-refractivity contribution in [1.29, 1.82) is 0 Å². The minimum absolute atomic E-state index is 0.149. The number of β-lactam (4-membered cyclic amide) rings is 1. The Balaban J connectivity index is 1.44. The Morgan fingerprint density at radius 3 is 2.84 bits per heavy atom. The summed E-state index contributed by atoms with van der Waals surface area (Å²) >= 11 is 1.63. The van der Waals surface area contributed by atoms with Gasteiger partial charge >= 0.3 is 0 Å². The van der Waals surface area contributed by atoms with E-state index in [1.54, 1.807) is 22.7 Å². The van der Waals surface area contributed by atoms with Gasteiger partial charge in [-0.05, 0) is 37.6 Å². The number of carbonyl (C=O) groups is 2. The summed E-state index contributed by atoms with van der Waals surface area (Å²) in [6.45, 7) is 6.40. The van der Waals surface area contributed by atoms with E-state index in [1.807, 2.05) is 51.1 Å². The number of nitrogens with zero attached hydrogens (tertiary/aromatic N) is 4. The lowest BCUT2D eigenvalue weighted by Crippen LogP contribution is -2.67. The molecule has 31 heavy (non-hydrogen) atoms. The van der Waals surface area contributed by atoms with Gasteiger partial charge < -0.3 is 15.0 Å². The zero-order valence-electron chi connectivity index (χ0n) is 17.3. The molecule has 2 amide bonds. The van der Waals surface area contributed by atoms with Crippen LogP contribution in [0.25, 0.3) is 10.8 Å². The molecule has 0 spiro atoms. The predicted molar refractivity (Wildman–Crippen MR) is 116 cm³/mol. The van der Waals surface area contributed by atoms with Crippen LogP contribution in [0.3, 0.4) is 0 Å². The first kappa shape index (κ1) is 19.8. The average Bonchev–Trinajstić information content (AvgIpc) is 3.36. The van der Waals surface area contributed by atoms with Gasteiger partial charge in [-0.2, -0.15) is 5.21 Å². The number of amides is 2. The van der Waals surface area contributed by atoms with E-state index in [1.165, 1.54) is 0 Å². The summed E-state index contributed by atoms with van der Waals surface area (Å²) in [6.07, 6.45) is 0. The Kier molecular flexibility index (Phi) is 4.62. The zero-order valence-corrected chi connectivity index (χ0v) is 18.1. The summed E-state index contributed by atoms with van der Waals surface area (Å²) in [5.74, 6) is 0.515. The highest BCUT2D eigenvalue weighted by atomic mass is 32.2. The maximum atomic E-state index is 13.4. The van der Waals surface area contributed by atoms with E-state index in [4.69, 9.17) is 4.74 Å². The van der Waals surface area contributed by atoms with Crippen LogP contribution in [0.4, 0.5) is 0 Å². The molecule has 3 atom stereocenters. The number of nitrogens with one attached hydrogen (secondary N) is 2. The van der Waals surface area contributed by atoms with Gasteiger partial charge in [-0.1, -0.05) is 35.5 Å². The summed E-state index contributed by atoms with van der Waals surface area (Å²) in [7, 11) is 0. The van der Waals surface area contributed by atoms with Gasteiger partial charge in [-0.15, -0.1) is 22.0 Å². The molecule has 9 nitrogen and oxygen atoms in total. The summed E-state index contributed by atoms with van der Waals surface area (Å²) in [4.78, 5) is 28.2. The highest BCUT2D eigenvalue weighted by Gasteiger charge is 2.63. The van der Waals surface area contributed by atoms with Gasteiger partial charge in [0.05, 0.1) is 12.2 Å².